The van der Waals surface area contributed by atoms with Gasteiger partial charge in [0.1, 0.15) is 18.1 Å². The lowest BCUT2D eigenvalue weighted by Gasteiger charge is -2.27. The molecule has 1 aromatic carbocycles. The highest BCUT2D eigenvalue weighted by atomic mass is 32.2. The van der Waals surface area contributed by atoms with E-state index in [0.717, 1.165) is 25.7 Å². The second kappa shape index (κ2) is 5.82. The van der Waals surface area contributed by atoms with Gasteiger partial charge in [0.25, 0.3) is 0 Å². The summed E-state index contributed by atoms with van der Waals surface area (Å²) in [7, 11) is -3.61. The molecule has 1 fully saturated rings. The van der Waals surface area contributed by atoms with Crippen molar-refractivity contribution in [3.63, 3.8) is 0 Å². The monoisotopic (exact) mass is 312 g/mol. The molecule has 6 nitrogen and oxygen atoms in total. The predicted molar refractivity (Wildman–Crippen MR) is 78.0 cm³/mol. The summed E-state index contributed by atoms with van der Waals surface area (Å²) in [6.07, 6.45) is 3.24. The van der Waals surface area contributed by atoms with Crippen LogP contribution < -0.4 is 19.9 Å². The normalized spacial score (nSPS) is 25.6. The zero-order valence-electron chi connectivity index (χ0n) is 11.7. The minimum atomic E-state index is -3.61. The number of hydrogen-bond donors (Lipinski definition) is 2. The summed E-state index contributed by atoms with van der Waals surface area (Å²) in [6.45, 7) is 0.794. The summed E-state index contributed by atoms with van der Waals surface area (Å²) in [5, 5.41) is 0. The molecule has 21 heavy (non-hydrogen) atoms. The third-order valence-electron chi connectivity index (χ3n) is 3.91. The molecule has 3 rings (SSSR count). The van der Waals surface area contributed by atoms with Crippen LogP contribution in [-0.2, 0) is 10.0 Å². The highest BCUT2D eigenvalue weighted by Gasteiger charge is 2.29. The number of fused-ring (bicyclic) bond motifs is 1. The van der Waals surface area contributed by atoms with Crippen LogP contribution in [0.4, 0.5) is 0 Å². The van der Waals surface area contributed by atoms with Crippen LogP contribution in [0.25, 0.3) is 0 Å². The van der Waals surface area contributed by atoms with Gasteiger partial charge in [-0.1, -0.05) is 6.07 Å². The molecule has 7 heteroatoms. The van der Waals surface area contributed by atoms with Crippen molar-refractivity contribution in [2.75, 3.05) is 13.2 Å². The molecule has 0 saturated heterocycles. The lowest BCUT2D eigenvalue weighted by Crippen LogP contribution is -2.40. The largest absolute Gasteiger partial charge is 0.486 e. The van der Waals surface area contributed by atoms with Crippen molar-refractivity contribution >= 4 is 10.0 Å². The molecule has 1 aliphatic carbocycles. The highest BCUT2D eigenvalue weighted by Crippen LogP contribution is 2.36. The van der Waals surface area contributed by atoms with E-state index in [1.807, 2.05) is 0 Å². The number of nitrogens with one attached hydrogen (secondary N) is 1. The number of benzene rings is 1. The smallest absolute Gasteiger partial charge is 0.244 e. The van der Waals surface area contributed by atoms with Crippen LogP contribution in [0.3, 0.4) is 0 Å². The molecule has 0 unspecified atom stereocenters. The minimum Gasteiger partial charge on any atom is -0.486 e. The Balaban J connectivity index is 1.82. The summed E-state index contributed by atoms with van der Waals surface area (Å²) in [4.78, 5) is 0.148. The number of ether oxygens (including phenoxy) is 2. The molecule has 116 valence electrons. The molecule has 0 atom stereocenters. The molecular weight excluding hydrogens is 292 g/mol. The highest BCUT2D eigenvalue weighted by molar-refractivity contribution is 7.89. The van der Waals surface area contributed by atoms with E-state index in [0.29, 0.717) is 24.7 Å². The van der Waals surface area contributed by atoms with Crippen LogP contribution in [0.2, 0.25) is 0 Å². The SMILES string of the molecule is NC1CCC(NS(=O)(=O)c2cccc3c2OCCO3)CC1. The van der Waals surface area contributed by atoms with Crippen molar-refractivity contribution in [2.24, 2.45) is 5.73 Å². The van der Waals surface area contributed by atoms with Crippen molar-refractivity contribution in [3.05, 3.63) is 18.2 Å². The molecule has 0 radical (unpaired) electrons. The van der Waals surface area contributed by atoms with Crippen LogP contribution in [-0.4, -0.2) is 33.7 Å². The summed E-state index contributed by atoms with van der Waals surface area (Å²) in [5.41, 5.74) is 5.85. The lowest BCUT2D eigenvalue weighted by atomic mass is 9.93. The number of nitrogens with two attached hydrogens (primary N) is 1. The van der Waals surface area contributed by atoms with E-state index in [1.165, 1.54) is 0 Å². The molecular formula is C14H20N2O4S. The number of para-hydroxylation sites is 1. The fourth-order valence-electron chi connectivity index (χ4n) is 2.78. The average molecular weight is 312 g/mol. The van der Waals surface area contributed by atoms with Gasteiger partial charge in [-0.05, 0) is 37.8 Å². The summed E-state index contributed by atoms with van der Waals surface area (Å²) in [5.74, 6) is 0.790. The topological polar surface area (TPSA) is 90.7 Å². The van der Waals surface area contributed by atoms with E-state index >= 15 is 0 Å². The quantitative estimate of drug-likeness (QED) is 0.869. The molecule has 0 amide bonds. The Hall–Kier alpha value is -1.31. The zero-order chi connectivity index (χ0) is 14.9. The van der Waals surface area contributed by atoms with Gasteiger partial charge in [0.2, 0.25) is 10.0 Å². The first-order valence-corrected chi connectivity index (χ1v) is 8.71. The fourth-order valence-corrected chi connectivity index (χ4v) is 4.24. The first kappa shape index (κ1) is 14.6. The summed E-state index contributed by atoms with van der Waals surface area (Å²) < 4.78 is 38.8. The van der Waals surface area contributed by atoms with Crippen LogP contribution in [0.5, 0.6) is 11.5 Å². The van der Waals surface area contributed by atoms with Gasteiger partial charge in [-0.3, -0.25) is 0 Å². The summed E-state index contributed by atoms with van der Waals surface area (Å²) in [6, 6.07) is 5.05. The molecule has 1 heterocycles. The molecule has 1 saturated carbocycles. The van der Waals surface area contributed by atoms with Crippen molar-refractivity contribution < 1.29 is 17.9 Å². The van der Waals surface area contributed by atoms with Crippen LogP contribution in [0.1, 0.15) is 25.7 Å². The zero-order valence-corrected chi connectivity index (χ0v) is 12.6. The predicted octanol–water partition coefficient (Wildman–Crippen LogP) is 1.01. The minimum absolute atomic E-state index is 0.0600. The Morgan fingerprint density at radius 1 is 1.10 bits per heavy atom. The number of hydrogen-bond acceptors (Lipinski definition) is 5. The van der Waals surface area contributed by atoms with Crippen LogP contribution in [0.15, 0.2) is 23.1 Å². The standard InChI is InChI=1S/C14H20N2O4S/c15-10-4-6-11(7-5-10)16-21(17,18)13-3-1-2-12-14(13)20-9-8-19-12/h1-3,10-11,16H,4-9,15H2. The average Bonchev–Trinajstić information content (AvgIpc) is 2.49. The Bertz CT molecular complexity index is 609. The maximum atomic E-state index is 12.6. The van der Waals surface area contributed by atoms with Crippen molar-refractivity contribution in [1.29, 1.82) is 0 Å². The first-order chi connectivity index (χ1) is 10.1. The number of rotatable bonds is 3. The van der Waals surface area contributed by atoms with Gasteiger partial charge in [-0.25, -0.2) is 13.1 Å². The third kappa shape index (κ3) is 3.14. The van der Waals surface area contributed by atoms with Crippen LogP contribution in [0, 0.1) is 0 Å². The molecule has 2 aliphatic rings. The van der Waals surface area contributed by atoms with Crippen molar-refractivity contribution in [3.8, 4) is 11.5 Å². The molecule has 0 bridgehead atoms. The van der Waals surface area contributed by atoms with Gasteiger partial charge >= 0.3 is 0 Å². The second-order valence-corrected chi connectivity index (χ2v) is 7.20. The Morgan fingerprint density at radius 3 is 2.57 bits per heavy atom. The van der Waals surface area contributed by atoms with E-state index in [9.17, 15) is 8.42 Å². The molecule has 0 aromatic heterocycles. The molecule has 1 aromatic rings. The van der Waals surface area contributed by atoms with Gasteiger partial charge < -0.3 is 15.2 Å². The van der Waals surface area contributed by atoms with E-state index in [1.54, 1.807) is 18.2 Å². The second-order valence-electron chi connectivity index (χ2n) is 5.51. The number of sulfonamides is 1. The lowest BCUT2D eigenvalue weighted by molar-refractivity contribution is 0.167. The molecule has 3 N–H and O–H groups in total. The van der Waals surface area contributed by atoms with E-state index in [-0.39, 0.29) is 17.0 Å². The molecule has 0 spiro atoms. The summed E-state index contributed by atoms with van der Waals surface area (Å²) >= 11 is 0. The van der Waals surface area contributed by atoms with E-state index in [4.69, 9.17) is 15.2 Å². The maximum Gasteiger partial charge on any atom is 0.244 e. The maximum absolute atomic E-state index is 12.6. The Morgan fingerprint density at radius 2 is 1.81 bits per heavy atom. The van der Waals surface area contributed by atoms with Gasteiger partial charge in [0.05, 0.1) is 0 Å². The van der Waals surface area contributed by atoms with Crippen LogP contribution >= 0.6 is 0 Å². The van der Waals surface area contributed by atoms with Gasteiger partial charge in [-0.15, -0.1) is 0 Å². The first-order valence-electron chi connectivity index (χ1n) is 7.23. The van der Waals surface area contributed by atoms with Gasteiger partial charge in [-0.2, -0.15) is 0 Å². The van der Waals surface area contributed by atoms with E-state index in [2.05, 4.69) is 4.72 Å². The Kier molecular flexibility index (Phi) is 4.05. The Labute approximate surface area is 124 Å². The fraction of sp³-hybridized carbons (Fsp3) is 0.571. The third-order valence-corrected chi connectivity index (χ3v) is 5.46. The van der Waals surface area contributed by atoms with Gasteiger partial charge in [0, 0.05) is 12.1 Å². The molecule has 1 aliphatic heterocycles. The van der Waals surface area contributed by atoms with E-state index < -0.39 is 10.0 Å². The van der Waals surface area contributed by atoms with Gasteiger partial charge in [0.15, 0.2) is 11.5 Å². The van der Waals surface area contributed by atoms with Crippen molar-refractivity contribution in [2.45, 2.75) is 42.7 Å². The van der Waals surface area contributed by atoms with Crippen molar-refractivity contribution in [1.82, 2.24) is 4.72 Å².